The Bertz CT molecular complexity index is 434. The van der Waals surface area contributed by atoms with Crippen molar-refractivity contribution in [1.29, 1.82) is 0 Å². The van der Waals surface area contributed by atoms with Gasteiger partial charge in [0.15, 0.2) is 17.7 Å². The molecule has 0 radical (unpaired) electrons. The average molecular weight is 250 g/mol. The quantitative estimate of drug-likeness (QED) is 0.851. The number of aliphatic carboxylic acids is 1. The van der Waals surface area contributed by atoms with Crippen LogP contribution in [-0.2, 0) is 4.79 Å². The normalized spacial score (nSPS) is 13.2. The number of hydrogen-bond donors (Lipinski definition) is 2. The fourth-order valence-electron chi connectivity index (χ4n) is 1.18. The topological polar surface area (TPSA) is 66.8 Å². The highest BCUT2D eigenvalue weighted by atomic mass is 19.3. The van der Waals surface area contributed by atoms with Crippen molar-refractivity contribution in [2.75, 3.05) is 7.11 Å². The molecule has 2 N–H and O–H groups in total. The fourth-order valence-corrected chi connectivity index (χ4v) is 1.18. The third-order valence-corrected chi connectivity index (χ3v) is 2.12. The van der Waals surface area contributed by atoms with E-state index in [0.717, 1.165) is 12.1 Å². The lowest BCUT2D eigenvalue weighted by Crippen LogP contribution is -2.35. The van der Waals surface area contributed by atoms with E-state index in [1.54, 1.807) is 0 Å². The molecule has 0 bridgehead atoms. The molecular weight excluding hydrogens is 241 g/mol. The maximum absolute atomic E-state index is 13.2. The van der Waals surface area contributed by atoms with E-state index >= 15 is 0 Å². The minimum absolute atomic E-state index is 0.195. The predicted octanol–water partition coefficient (Wildman–Crippen LogP) is 1.59. The SMILES string of the molecule is COc1ccc(C(O)C(F)(F)C(=O)O)cc1F. The van der Waals surface area contributed by atoms with Gasteiger partial charge in [0.25, 0.3) is 0 Å². The van der Waals surface area contributed by atoms with Gasteiger partial charge in [0, 0.05) is 0 Å². The van der Waals surface area contributed by atoms with Crippen molar-refractivity contribution < 1.29 is 32.9 Å². The summed E-state index contributed by atoms with van der Waals surface area (Å²) in [5.41, 5.74) is -0.546. The first-order valence-electron chi connectivity index (χ1n) is 4.43. The smallest absolute Gasteiger partial charge is 0.377 e. The largest absolute Gasteiger partial charge is 0.494 e. The molecule has 0 spiro atoms. The Kier molecular flexibility index (Phi) is 3.62. The number of carboxylic acid groups (broad SMARTS) is 1. The molecular formula is C10H9F3O4. The number of ether oxygens (including phenoxy) is 1. The van der Waals surface area contributed by atoms with Crippen LogP contribution in [0.15, 0.2) is 18.2 Å². The molecule has 1 unspecified atom stereocenters. The van der Waals surface area contributed by atoms with Gasteiger partial charge in [-0.3, -0.25) is 0 Å². The van der Waals surface area contributed by atoms with Gasteiger partial charge in [0.05, 0.1) is 7.11 Å². The molecule has 0 aliphatic heterocycles. The summed E-state index contributed by atoms with van der Waals surface area (Å²) in [5.74, 6) is -8.04. The van der Waals surface area contributed by atoms with Gasteiger partial charge in [0.2, 0.25) is 0 Å². The molecule has 0 saturated heterocycles. The number of carbonyl (C=O) groups is 1. The lowest BCUT2D eigenvalue weighted by molar-refractivity contribution is -0.182. The summed E-state index contributed by atoms with van der Waals surface area (Å²) in [6.07, 6.45) is -2.62. The number of benzene rings is 1. The van der Waals surface area contributed by atoms with E-state index < -0.39 is 29.4 Å². The van der Waals surface area contributed by atoms with E-state index in [1.807, 2.05) is 0 Å². The Balaban J connectivity index is 3.09. The van der Waals surface area contributed by atoms with Crippen molar-refractivity contribution in [3.8, 4) is 5.75 Å². The number of carboxylic acids is 1. The van der Waals surface area contributed by atoms with Crippen LogP contribution >= 0.6 is 0 Å². The number of rotatable bonds is 4. The van der Waals surface area contributed by atoms with Crippen molar-refractivity contribution in [1.82, 2.24) is 0 Å². The monoisotopic (exact) mass is 250 g/mol. The first-order chi connectivity index (χ1) is 7.80. The van der Waals surface area contributed by atoms with E-state index in [-0.39, 0.29) is 5.75 Å². The van der Waals surface area contributed by atoms with Gasteiger partial charge in [-0.25, -0.2) is 9.18 Å². The molecule has 1 rings (SSSR count). The summed E-state index contributed by atoms with van der Waals surface area (Å²) >= 11 is 0. The second-order valence-corrected chi connectivity index (χ2v) is 3.22. The molecule has 0 aliphatic carbocycles. The maximum Gasteiger partial charge on any atom is 0.377 e. The summed E-state index contributed by atoms with van der Waals surface area (Å²) in [5, 5.41) is 17.4. The van der Waals surface area contributed by atoms with Crippen LogP contribution in [0.1, 0.15) is 11.7 Å². The Morgan fingerprint density at radius 1 is 1.47 bits per heavy atom. The van der Waals surface area contributed by atoms with Crippen LogP contribution in [0.5, 0.6) is 5.75 Å². The summed E-state index contributed by atoms with van der Waals surface area (Å²) < 4.78 is 43.6. The van der Waals surface area contributed by atoms with Gasteiger partial charge in [-0.15, -0.1) is 0 Å². The summed E-state index contributed by atoms with van der Waals surface area (Å²) in [4.78, 5) is 10.2. The highest BCUT2D eigenvalue weighted by Crippen LogP contribution is 2.33. The van der Waals surface area contributed by atoms with Crippen molar-refractivity contribution in [3.63, 3.8) is 0 Å². The number of aliphatic hydroxyl groups is 1. The van der Waals surface area contributed by atoms with E-state index in [0.29, 0.717) is 6.07 Å². The third kappa shape index (κ3) is 2.50. The Hall–Kier alpha value is -1.76. The lowest BCUT2D eigenvalue weighted by Gasteiger charge is -2.18. The summed E-state index contributed by atoms with van der Waals surface area (Å²) in [6.45, 7) is 0. The van der Waals surface area contributed by atoms with Crippen LogP contribution in [0, 0.1) is 5.82 Å². The molecule has 0 saturated carbocycles. The van der Waals surface area contributed by atoms with Crippen LogP contribution in [-0.4, -0.2) is 29.2 Å². The molecule has 0 heterocycles. The molecule has 1 atom stereocenters. The highest BCUT2D eigenvalue weighted by Gasteiger charge is 2.47. The molecule has 1 aromatic carbocycles. The van der Waals surface area contributed by atoms with Crippen LogP contribution < -0.4 is 4.74 Å². The van der Waals surface area contributed by atoms with Crippen LogP contribution in [0.4, 0.5) is 13.2 Å². The Morgan fingerprint density at radius 3 is 2.47 bits per heavy atom. The number of methoxy groups -OCH3 is 1. The van der Waals surface area contributed by atoms with Crippen LogP contribution in [0.25, 0.3) is 0 Å². The zero-order valence-electron chi connectivity index (χ0n) is 8.65. The van der Waals surface area contributed by atoms with Gasteiger partial charge < -0.3 is 14.9 Å². The fraction of sp³-hybridized carbons (Fsp3) is 0.300. The van der Waals surface area contributed by atoms with E-state index in [1.165, 1.54) is 7.11 Å². The van der Waals surface area contributed by atoms with Gasteiger partial charge in [-0.2, -0.15) is 8.78 Å². The number of hydrogen-bond acceptors (Lipinski definition) is 3. The number of halogens is 3. The molecule has 0 aliphatic rings. The van der Waals surface area contributed by atoms with Crippen molar-refractivity contribution >= 4 is 5.97 Å². The standard InChI is InChI=1S/C10H9F3O4/c1-17-7-3-2-5(4-6(7)11)8(14)10(12,13)9(15)16/h2-4,8,14H,1H3,(H,15,16). The molecule has 0 fully saturated rings. The molecule has 17 heavy (non-hydrogen) atoms. The average Bonchev–Trinajstić information content (AvgIpc) is 2.27. The van der Waals surface area contributed by atoms with Gasteiger partial charge in [-0.05, 0) is 17.7 Å². The van der Waals surface area contributed by atoms with Gasteiger partial charge in [-0.1, -0.05) is 6.07 Å². The number of aliphatic hydroxyl groups excluding tert-OH is 1. The van der Waals surface area contributed by atoms with Crippen LogP contribution in [0.3, 0.4) is 0 Å². The first-order valence-corrected chi connectivity index (χ1v) is 4.43. The Morgan fingerprint density at radius 2 is 2.06 bits per heavy atom. The van der Waals surface area contributed by atoms with Crippen LogP contribution in [0.2, 0.25) is 0 Å². The van der Waals surface area contributed by atoms with E-state index in [4.69, 9.17) is 10.2 Å². The zero-order valence-corrected chi connectivity index (χ0v) is 8.65. The van der Waals surface area contributed by atoms with Gasteiger partial charge in [0.1, 0.15) is 0 Å². The molecule has 7 heteroatoms. The molecule has 0 amide bonds. The third-order valence-electron chi connectivity index (χ3n) is 2.12. The van der Waals surface area contributed by atoms with Crippen molar-refractivity contribution in [2.45, 2.75) is 12.0 Å². The molecule has 94 valence electrons. The van der Waals surface area contributed by atoms with E-state index in [2.05, 4.69) is 4.74 Å². The molecule has 1 aromatic rings. The first kappa shape index (κ1) is 13.3. The minimum Gasteiger partial charge on any atom is -0.494 e. The second-order valence-electron chi connectivity index (χ2n) is 3.22. The Labute approximate surface area is 94.3 Å². The van der Waals surface area contributed by atoms with Crippen molar-refractivity contribution in [2.24, 2.45) is 0 Å². The second kappa shape index (κ2) is 4.62. The minimum atomic E-state index is -4.39. The summed E-state index contributed by atoms with van der Waals surface area (Å²) in [6, 6.07) is 2.58. The van der Waals surface area contributed by atoms with Gasteiger partial charge >= 0.3 is 11.9 Å². The van der Waals surface area contributed by atoms with E-state index in [9.17, 15) is 18.0 Å². The maximum atomic E-state index is 13.2. The zero-order chi connectivity index (χ0) is 13.2. The lowest BCUT2D eigenvalue weighted by atomic mass is 10.0. The highest BCUT2D eigenvalue weighted by molar-refractivity contribution is 5.76. The summed E-state index contributed by atoms with van der Waals surface area (Å²) in [7, 11) is 1.18. The predicted molar refractivity (Wildman–Crippen MR) is 50.5 cm³/mol. The van der Waals surface area contributed by atoms with Crippen molar-refractivity contribution in [3.05, 3.63) is 29.6 Å². The molecule has 4 nitrogen and oxygen atoms in total. The number of alkyl halides is 2. The molecule has 0 aromatic heterocycles.